The summed E-state index contributed by atoms with van der Waals surface area (Å²) < 4.78 is 0.419. The number of likely N-dealkylation sites (N-methyl/N-ethyl adjacent to an activating group) is 2. The molecule has 0 aliphatic rings. The van der Waals surface area contributed by atoms with Gasteiger partial charge in [0, 0.05) is 6.42 Å². The van der Waals surface area contributed by atoms with Crippen LogP contribution in [0, 0.1) is 0 Å². The van der Waals surface area contributed by atoms with Crippen molar-refractivity contribution in [3.05, 3.63) is 0 Å². The number of quaternary nitrogens is 1. The molecule has 9 nitrogen and oxygen atoms in total. The Bertz CT molecular complexity index is 580. The molecule has 0 aromatic heterocycles. The fourth-order valence-corrected chi connectivity index (χ4v) is 3.95. The molecule has 0 spiro atoms. The Labute approximate surface area is 239 Å². The minimum Gasteiger partial charge on any atom is -0.544 e. The van der Waals surface area contributed by atoms with Crippen molar-refractivity contribution in [3.8, 4) is 0 Å². The first-order valence-corrected chi connectivity index (χ1v) is 15.1. The van der Waals surface area contributed by atoms with Crippen molar-refractivity contribution in [2.45, 2.75) is 129 Å². The molecule has 1 atom stereocenters. The number of carboxylic acids is 3. The van der Waals surface area contributed by atoms with Gasteiger partial charge in [0.2, 0.25) is 0 Å². The van der Waals surface area contributed by atoms with E-state index >= 15 is 0 Å². The van der Waals surface area contributed by atoms with E-state index in [9.17, 15) is 19.5 Å². The van der Waals surface area contributed by atoms with Crippen molar-refractivity contribution in [2.24, 2.45) is 5.73 Å². The molecule has 39 heavy (non-hydrogen) atoms. The highest BCUT2D eigenvalue weighted by Crippen LogP contribution is 2.13. The van der Waals surface area contributed by atoms with Crippen molar-refractivity contribution < 1.29 is 34.2 Å². The molecular formula is C30H63N3O6. The molecule has 9 heteroatoms. The molecule has 0 aliphatic heterocycles. The molecule has 1 unspecified atom stereocenters. The summed E-state index contributed by atoms with van der Waals surface area (Å²) >= 11 is 0. The SMILES string of the molecule is CCCCCCCCCCCCCCCCCC(=O)O.CN(C)C(CCCN)C(=O)O.C[N+](C)(C)CC(=O)[O-]. The highest BCUT2D eigenvalue weighted by molar-refractivity contribution is 5.73. The lowest BCUT2D eigenvalue weighted by molar-refractivity contribution is -0.864. The fraction of sp³-hybridized carbons (Fsp3) is 0.900. The van der Waals surface area contributed by atoms with E-state index in [-0.39, 0.29) is 6.54 Å². The van der Waals surface area contributed by atoms with Crippen molar-refractivity contribution in [2.75, 3.05) is 48.3 Å². The number of nitrogens with two attached hydrogens (primary N) is 1. The van der Waals surface area contributed by atoms with Gasteiger partial charge in [0.1, 0.15) is 12.6 Å². The first-order chi connectivity index (χ1) is 18.3. The van der Waals surface area contributed by atoms with Gasteiger partial charge in [0.15, 0.2) is 0 Å². The van der Waals surface area contributed by atoms with Crippen LogP contribution in [0.2, 0.25) is 0 Å². The number of carboxylic acid groups (broad SMARTS) is 3. The maximum Gasteiger partial charge on any atom is 0.320 e. The lowest BCUT2D eigenvalue weighted by Crippen LogP contribution is -2.45. The summed E-state index contributed by atoms with van der Waals surface area (Å²) in [5.74, 6) is -2.43. The Hall–Kier alpha value is -1.71. The highest BCUT2D eigenvalue weighted by Gasteiger charge is 2.18. The van der Waals surface area contributed by atoms with Crippen LogP contribution in [0.4, 0.5) is 0 Å². The third-order valence-electron chi connectivity index (χ3n) is 6.19. The number of rotatable bonds is 23. The van der Waals surface area contributed by atoms with Gasteiger partial charge in [-0.2, -0.15) is 0 Å². The maximum atomic E-state index is 10.6. The summed E-state index contributed by atoms with van der Waals surface area (Å²) in [7, 11) is 8.92. The Morgan fingerprint density at radius 1 is 0.744 bits per heavy atom. The Morgan fingerprint density at radius 3 is 1.36 bits per heavy atom. The average molecular weight is 562 g/mol. The van der Waals surface area contributed by atoms with Crippen LogP contribution in [0.25, 0.3) is 0 Å². The molecule has 0 heterocycles. The van der Waals surface area contributed by atoms with Crippen LogP contribution >= 0.6 is 0 Å². The molecule has 0 aromatic carbocycles. The summed E-state index contributed by atoms with van der Waals surface area (Å²) in [5.41, 5.74) is 5.27. The lowest BCUT2D eigenvalue weighted by Gasteiger charge is -2.23. The minimum atomic E-state index is -1.00. The minimum absolute atomic E-state index is 0.0694. The van der Waals surface area contributed by atoms with Crippen LogP contribution in [0.1, 0.15) is 122 Å². The second kappa shape index (κ2) is 29.3. The maximum absolute atomic E-state index is 10.6. The van der Waals surface area contributed by atoms with Crippen LogP contribution in [0.15, 0.2) is 0 Å². The van der Waals surface area contributed by atoms with Gasteiger partial charge >= 0.3 is 11.9 Å². The molecule has 0 saturated carbocycles. The second-order valence-electron chi connectivity index (χ2n) is 11.7. The van der Waals surface area contributed by atoms with Gasteiger partial charge in [0.25, 0.3) is 0 Å². The number of hydrogen-bond acceptors (Lipinski definition) is 6. The Balaban J connectivity index is -0.000000570. The molecule has 0 saturated heterocycles. The van der Waals surface area contributed by atoms with Gasteiger partial charge in [0.05, 0.1) is 27.1 Å². The number of hydrogen-bond donors (Lipinski definition) is 3. The third-order valence-corrected chi connectivity index (χ3v) is 6.19. The van der Waals surface area contributed by atoms with Gasteiger partial charge < -0.3 is 30.3 Å². The van der Waals surface area contributed by atoms with E-state index in [1.807, 2.05) is 0 Å². The predicted octanol–water partition coefficient (Wildman–Crippen LogP) is 4.52. The molecule has 0 amide bonds. The van der Waals surface area contributed by atoms with E-state index in [1.165, 1.54) is 83.5 Å². The van der Waals surface area contributed by atoms with E-state index in [2.05, 4.69) is 6.92 Å². The number of nitrogens with zero attached hydrogens (tertiary/aromatic N) is 2. The van der Waals surface area contributed by atoms with Gasteiger partial charge in [-0.25, -0.2) is 0 Å². The van der Waals surface area contributed by atoms with Crippen LogP contribution in [-0.2, 0) is 14.4 Å². The van der Waals surface area contributed by atoms with Gasteiger partial charge in [-0.1, -0.05) is 96.8 Å². The molecule has 0 radical (unpaired) electrons. The monoisotopic (exact) mass is 561 g/mol. The molecule has 0 rings (SSSR count). The van der Waals surface area contributed by atoms with E-state index in [0.29, 0.717) is 23.9 Å². The topological polar surface area (TPSA) is 144 Å². The van der Waals surface area contributed by atoms with E-state index in [4.69, 9.17) is 15.9 Å². The lowest BCUT2D eigenvalue weighted by atomic mass is 10.0. The first-order valence-electron chi connectivity index (χ1n) is 15.1. The molecule has 0 aliphatic carbocycles. The fourth-order valence-electron chi connectivity index (χ4n) is 3.95. The highest BCUT2D eigenvalue weighted by atomic mass is 16.4. The number of aliphatic carboxylic acids is 3. The zero-order valence-electron chi connectivity index (χ0n) is 26.2. The number of unbranched alkanes of at least 4 members (excludes halogenated alkanes) is 14. The van der Waals surface area contributed by atoms with Crippen molar-refractivity contribution in [3.63, 3.8) is 0 Å². The summed E-state index contributed by atoms with van der Waals surface area (Å²) in [5, 5.41) is 27.1. The Kier molecular flexibility index (Phi) is 31.4. The van der Waals surface area contributed by atoms with Crippen LogP contribution in [0.5, 0.6) is 0 Å². The predicted molar refractivity (Wildman–Crippen MR) is 158 cm³/mol. The first kappa shape index (κ1) is 41.8. The van der Waals surface area contributed by atoms with Gasteiger partial charge in [-0.15, -0.1) is 0 Å². The Morgan fingerprint density at radius 2 is 1.13 bits per heavy atom. The van der Waals surface area contributed by atoms with Crippen molar-refractivity contribution in [1.82, 2.24) is 4.90 Å². The second-order valence-corrected chi connectivity index (χ2v) is 11.7. The van der Waals surface area contributed by atoms with Gasteiger partial charge in [-0.05, 0) is 39.9 Å². The smallest absolute Gasteiger partial charge is 0.320 e. The van der Waals surface area contributed by atoms with Crippen LogP contribution in [0.3, 0.4) is 0 Å². The molecule has 4 N–H and O–H groups in total. The van der Waals surface area contributed by atoms with Crippen LogP contribution < -0.4 is 10.8 Å². The number of carbonyl (C=O) groups excluding carboxylic acids is 1. The quantitative estimate of drug-likeness (QED) is 0.122. The summed E-state index contributed by atoms with van der Waals surface area (Å²) in [6.45, 7) is 2.89. The average Bonchev–Trinajstić information content (AvgIpc) is 2.80. The zero-order chi connectivity index (χ0) is 30.5. The van der Waals surface area contributed by atoms with Crippen molar-refractivity contribution in [1.29, 1.82) is 0 Å². The zero-order valence-corrected chi connectivity index (χ0v) is 26.2. The summed E-state index contributed by atoms with van der Waals surface area (Å²) in [4.78, 5) is 32.5. The molecule has 0 bridgehead atoms. The summed E-state index contributed by atoms with van der Waals surface area (Å²) in [6.07, 6.45) is 21.6. The van der Waals surface area contributed by atoms with Crippen molar-refractivity contribution >= 4 is 17.9 Å². The van der Waals surface area contributed by atoms with E-state index < -0.39 is 23.9 Å². The molecule has 0 aromatic rings. The van der Waals surface area contributed by atoms with E-state index in [1.54, 1.807) is 40.1 Å². The molecule has 234 valence electrons. The van der Waals surface area contributed by atoms with Crippen LogP contribution in [-0.4, -0.2) is 91.9 Å². The summed E-state index contributed by atoms with van der Waals surface area (Å²) in [6, 6.07) is -0.390. The molecular weight excluding hydrogens is 498 g/mol. The van der Waals surface area contributed by atoms with Gasteiger partial charge in [-0.3, -0.25) is 14.5 Å². The van der Waals surface area contributed by atoms with E-state index in [0.717, 1.165) is 19.3 Å². The largest absolute Gasteiger partial charge is 0.544 e. The molecule has 0 fully saturated rings. The normalized spacial score (nSPS) is 11.7. The number of carbonyl (C=O) groups is 3. The third kappa shape index (κ3) is 40.9. The standard InChI is InChI=1S/C18H36O2.C7H16N2O2.C5H11NO2/c1-2-3-4-5-6-7-8-9-10-11-12-13-14-15-16-17-18(19)20;1-9(2)6(7(10)11)4-3-5-8;1-6(2,3)4-5(7)8/h2-17H2,1H3,(H,19,20);6H,3-5,8H2,1-2H3,(H,10,11);4H2,1-3H3.